The summed E-state index contributed by atoms with van der Waals surface area (Å²) in [4.78, 5) is 27.9. The summed E-state index contributed by atoms with van der Waals surface area (Å²) < 4.78 is 21.9. The van der Waals surface area contributed by atoms with E-state index in [1.54, 1.807) is 0 Å². The van der Waals surface area contributed by atoms with Crippen LogP contribution < -0.4 is 19.9 Å². The first-order valence-electron chi connectivity index (χ1n) is 11.4. The molecule has 0 saturated heterocycles. The van der Waals surface area contributed by atoms with Crippen LogP contribution in [0.2, 0.25) is 0 Å². The van der Waals surface area contributed by atoms with Crippen molar-refractivity contribution in [3.05, 3.63) is 41.5 Å². The summed E-state index contributed by atoms with van der Waals surface area (Å²) in [6.07, 6.45) is 1.63. The summed E-state index contributed by atoms with van der Waals surface area (Å²) in [6.45, 7) is 8.83. The number of rotatable bonds is 13. The van der Waals surface area contributed by atoms with Crippen molar-refractivity contribution in [1.29, 1.82) is 0 Å². The van der Waals surface area contributed by atoms with Gasteiger partial charge in [-0.15, -0.1) is 0 Å². The number of hydrogen-bond acceptors (Lipinski definition) is 9. The number of likely N-dealkylation sites (N-methyl/N-ethyl adjacent to an activating group) is 1. The largest absolute Gasteiger partial charge is 0.504 e. The van der Waals surface area contributed by atoms with Gasteiger partial charge in [0.25, 0.3) is 0 Å². The number of phenolic OH excluding ortho intramolecular Hbond substituents is 1. The van der Waals surface area contributed by atoms with E-state index in [9.17, 15) is 14.7 Å². The molecule has 0 bridgehead atoms. The highest BCUT2D eigenvalue weighted by Gasteiger charge is 2.25. The molecule has 0 saturated carbocycles. The third-order valence-electron chi connectivity index (χ3n) is 5.25. The number of carbonyl (C=O) groups excluding carboxylic acids is 2. The van der Waals surface area contributed by atoms with E-state index < -0.39 is 11.9 Å². The molecule has 0 atom stereocenters. The molecule has 34 heavy (non-hydrogen) atoms. The number of benzene rings is 2. The highest BCUT2D eigenvalue weighted by atomic mass is 16.6. The van der Waals surface area contributed by atoms with Gasteiger partial charge in [-0.2, -0.15) is 0 Å². The van der Waals surface area contributed by atoms with Crippen molar-refractivity contribution < 1.29 is 33.6 Å². The first kappa shape index (κ1) is 26.8. The molecule has 0 unspecified atom stereocenters. The Bertz CT molecular complexity index is 974. The van der Waals surface area contributed by atoms with Gasteiger partial charge in [-0.3, -0.25) is 0 Å². The van der Waals surface area contributed by atoms with Gasteiger partial charge in [-0.05, 0) is 49.8 Å². The first-order chi connectivity index (χ1) is 16.4. The van der Waals surface area contributed by atoms with Gasteiger partial charge in [0, 0.05) is 6.54 Å². The molecule has 2 aromatic rings. The van der Waals surface area contributed by atoms with Gasteiger partial charge >= 0.3 is 11.9 Å². The number of carbonyl (C=O) groups is 2. The first-order valence-corrected chi connectivity index (χ1v) is 11.4. The quantitative estimate of drug-likeness (QED) is 0.193. The van der Waals surface area contributed by atoms with Gasteiger partial charge in [0.15, 0.2) is 23.0 Å². The van der Waals surface area contributed by atoms with Gasteiger partial charge in [0.1, 0.15) is 12.2 Å². The van der Waals surface area contributed by atoms with Crippen LogP contribution in [0.3, 0.4) is 0 Å². The molecule has 3 N–H and O–H groups in total. The number of unbranched alkanes of at least 4 members (excludes halogenated alkanes) is 1. The summed E-state index contributed by atoms with van der Waals surface area (Å²) >= 11 is 0. The van der Waals surface area contributed by atoms with Gasteiger partial charge in [-0.1, -0.05) is 27.2 Å². The standard InChI is InChI=1S/C25H34N2O7/c1-5-8-14-32-23-19(26)11-10-18(25(30)33-15-13-27(6-2)7-3)22(23)34-24(29)17-9-12-20(28)21(16-17)31-4/h9-12,16,28H,5-8,13-15,26H2,1-4H3. The second-order valence-electron chi connectivity index (χ2n) is 7.50. The minimum absolute atomic E-state index is 0.0272. The number of hydrogen-bond donors (Lipinski definition) is 2. The van der Waals surface area contributed by atoms with E-state index in [4.69, 9.17) is 24.7 Å². The van der Waals surface area contributed by atoms with Gasteiger partial charge in [0.05, 0.1) is 25.0 Å². The lowest BCUT2D eigenvalue weighted by Crippen LogP contribution is -2.28. The second kappa shape index (κ2) is 13.3. The summed E-state index contributed by atoms with van der Waals surface area (Å²) in [5, 5.41) is 9.80. The normalized spacial score (nSPS) is 10.7. The van der Waals surface area contributed by atoms with Gasteiger partial charge in [0.2, 0.25) is 0 Å². The molecule has 0 heterocycles. The molecular weight excluding hydrogens is 440 g/mol. The lowest BCUT2D eigenvalue weighted by Gasteiger charge is -2.19. The van der Waals surface area contributed by atoms with Crippen LogP contribution in [0.25, 0.3) is 0 Å². The number of methoxy groups -OCH3 is 1. The summed E-state index contributed by atoms with van der Waals surface area (Å²) in [5.74, 6) is -1.45. The smallest absolute Gasteiger partial charge is 0.343 e. The predicted molar refractivity (Wildman–Crippen MR) is 129 cm³/mol. The van der Waals surface area contributed by atoms with Crippen molar-refractivity contribution in [2.45, 2.75) is 33.6 Å². The Morgan fingerprint density at radius 3 is 2.38 bits per heavy atom. The third-order valence-corrected chi connectivity index (χ3v) is 5.25. The van der Waals surface area contributed by atoms with Crippen LogP contribution in [0.5, 0.6) is 23.0 Å². The highest BCUT2D eigenvalue weighted by molar-refractivity contribution is 5.98. The summed E-state index contributed by atoms with van der Waals surface area (Å²) in [7, 11) is 1.37. The minimum atomic E-state index is -0.776. The fraction of sp³-hybridized carbons (Fsp3) is 0.440. The highest BCUT2D eigenvalue weighted by Crippen LogP contribution is 2.38. The number of anilines is 1. The number of ether oxygens (including phenoxy) is 4. The number of nitrogen functional groups attached to an aromatic ring is 1. The fourth-order valence-corrected chi connectivity index (χ4v) is 3.15. The van der Waals surface area contributed by atoms with E-state index in [1.165, 1.54) is 37.4 Å². The van der Waals surface area contributed by atoms with Crippen LogP contribution in [0.15, 0.2) is 30.3 Å². The molecule has 186 valence electrons. The van der Waals surface area contributed by atoms with Gasteiger partial charge in [-0.25, -0.2) is 9.59 Å². The number of nitrogens with zero attached hydrogens (tertiary/aromatic N) is 1. The van der Waals surface area contributed by atoms with Crippen molar-refractivity contribution in [1.82, 2.24) is 4.90 Å². The molecule has 2 aromatic carbocycles. The molecule has 0 aliphatic carbocycles. The zero-order valence-corrected chi connectivity index (χ0v) is 20.3. The zero-order chi connectivity index (χ0) is 25.1. The Morgan fingerprint density at radius 2 is 1.74 bits per heavy atom. The predicted octanol–water partition coefficient (Wildman–Crippen LogP) is 3.88. The maximum absolute atomic E-state index is 12.9. The lowest BCUT2D eigenvalue weighted by molar-refractivity contribution is 0.0460. The molecule has 2 rings (SSSR count). The van der Waals surface area contributed by atoms with E-state index in [0.717, 1.165) is 25.9 Å². The van der Waals surface area contributed by atoms with Crippen molar-refractivity contribution in [2.75, 3.05) is 45.7 Å². The number of aromatic hydroxyl groups is 1. The van der Waals surface area contributed by atoms with Crippen molar-refractivity contribution in [2.24, 2.45) is 0 Å². The van der Waals surface area contributed by atoms with Crippen LogP contribution in [0, 0.1) is 0 Å². The van der Waals surface area contributed by atoms with Crippen LogP contribution in [-0.2, 0) is 4.74 Å². The van der Waals surface area contributed by atoms with E-state index >= 15 is 0 Å². The average Bonchev–Trinajstić information content (AvgIpc) is 2.83. The van der Waals surface area contributed by atoms with E-state index in [-0.39, 0.29) is 46.4 Å². The summed E-state index contributed by atoms with van der Waals surface area (Å²) in [5.41, 5.74) is 6.46. The van der Waals surface area contributed by atoms with Crippen LogP contribution in [0.4, 0.5) is 5.69 Å². The molecule has 0 fully saturated rings. The van der Waals surface area contributed by atoms with E-state index in [2.05, 4.69) is 4.90 Å². The Morgan fingerprint density at radius 1 is 1.00 bits per heavy atom. The molecule has 9 heteroatoms. The molecular formula is C25H34N2O7. The lowest BCUT2D eigenvalue weighted by atomic mass is 10.1. The molecule has 0 radical (unpaired) electrons. The Kier molecular flexibility index (Phi) is 10.5. The van der Waals surface area contributed by atoms with E-state index in [0.29, 0.717) is 13.2 Å². The molecule has 0 aliphatic rings. The monoisotopic (exact) mass is 474 g/mol. The second-order valence-corrected chi connectivity index (χ2v) is 7.50. The van der Waals surface area contributed by atoms with Crippen LogP contribution in [0.1, 0.15) is 54.3 Å². The third kappa shape index (κ3) is 7.02. The van der Waals surface area contributed by atoms with E-state index in [1.807, 2.05) is 20.8 Å². The van der Waals surface area contributed by atoms with Crippen molar-refractivity contribution >= 4 is 17.6 Å². The zero-order valence-electron chi connectivity index (χ0n) is 20.3. The SMILES string of the molecule is CCCCOc1c(N)ccc(C(=O)OCCN(CC)CC)c1OC(=O)c1ccc(O)c(OC)c1. The van der Waals surface area contributed by atoms with Crippen molar-refractivity contribution in [3.63, 3.8) is 0 Å². The van der Waals surface area contributed by atoms with Crippen molar-refractivity contribution in [3.8, 4) is 23.0 Å². The number of nitrogens with two attached hydrogens (primary N) is 1. The summed E-state index contributed by atoms with van der Waals surface area (Å²) in [6, 6.07) is 7.00. The average molecular weight is 475 g/mol. The minimum Gasteiger partial charge on any atom is -0.504 e. The Balaban J connectivity index is 2.36. The molecule has 9 nitrogen and oxygen atoms in total. The maximum atomic E-state index is 12.9. The molecule has 0 aliphatic heterocycles. The number of phenols is 1. The Labute approximate surface area is 200 Å². The molecule has 0 spiro atoms. The van der Waals surface area contributed by atoms with Gasteiger partial charge < -0.3 is 34.7 Å². The molecule has 0 aromatic heterocycles. The Hall–Kier alpha value is -3.46. The maximum Gasteiger partial charge on any atom is 0.343 e. The van der Waals surface area contributed by atoms with Crippen LogP contribution >= 0.6 is 0 Å². The fourth-order valence-electron chi connectivity index (χ4n) is 3.15. The number of esters is 2. The molecule has 0 amide bonds. The van der Waals surface area contributed by atoms with Crippen LogP contribution in [-0.4, -0.2) is 61.9 Å². The topological polar surface area (TPSA) is 121 Å².